The number of nitrogens with one attached hydrogen (secondary N) is 2. The monoisotopic (exact) mass is 499 g/mol. The molecule has 1 aromatic rings. The van der Waals surface area contributed by atoms with Gasteiger partial charge < -0.3 is 10.6 Å². The summed E-state index contributed by atoms with van der Waals surface area (Å²) in [6, 6.07) is 0.140. The minimum atomic E-state index is -3.17. The van der Waals surface area contributed by atoms with E-state index < -0.39 is 14.6 Å². The molecule has 0 radical (unpaired) electrons. The van der Waals surface area contributed by atoms with E-state index in [0.29, 0.717) is 12.5 Å². The zero-order valence-electron chi connectivity index (χ0n) is 17.2. The van der Waals surface area contributed by atoms with Gasteiger partial charge in [0.25, 0.3) is 0 Å². The number of guanidine groups is 1. The van der Waals surface area contributed by atoms with Crippen molar-refractivity contribution in [3.05, 3.63) is 17.0 Å². The average Bonchev–Trinajstić information content (AvgIpc) is 2.70. The lowest BCUT2D eigenvalue weighted by Crippen LogP contribution is -2.44. The molecule has 1 atom stereocenters. The largest absolute Gasteiger partial charge is 0.357 e. The van der Waals surface area contributed by atoms with E-state index in [4.69, 9.17) is 0 Å². The van der Waals surface area contributed by atoms with Crippen LogP contribution in [-0.2, 0) is 23.3 Å². The van der Waals surface area contributed by atoms with Crippen LogP contribution in [-0.4, -0.2) is 54.3 Å². The fourth-order valence-corrected chi connectivity index (χ4v) is 2.71. The molecule has 0 aliphatic carbocycles. The van der Waals surface area contributed by atoms with Crippen LogP contribution in [0.2, 0.25) is 0 Å². The Balaban J connectivity index is 0.00000625. The lowest BCUT2D eigenvalue weighted by Gasteiger charge is -2.22. The Morgan fingerprint density at radius 2 is 1.92 bits per heavy atom. The second-order valence-electron chi connectivity index (χ2n) is 7.25. The van der Waals surface area contributed by atoms with Crippen molar-refractivity contribution in [3.8, 4) is 0 Å². The molecule has 0 bridgehead atoms. The van der Waals surface area contributed by atoms with Gasteiger partial charge in [0.05, 0.1) is 17.0 Å². The highest BCUT2D eigenvalue weighted by atomic mass is 127. The predicted molar refractivity (Wildman–Crippen MR) is 119 cm³/mol. The van der Waals surface area contributed by atoms with Crippen LogP contribution < -0.4 is 10.6 Å². The van der Waals surface area contributed by atoms with E-state index in [1.54, 1.807) is 13.8 Å². The van der Waals surface area contributed by atoms with Crippen LogP contribution in [0.5, 0.6) is 0 Å². The molecule has 1 unspecified atom stereocenters. The highest BCUT2D eigenvalue weighted by Crippen LogP contribution is 2.16. The lowest BCUT2D eigenvalue weighted by atomic mass is 10.1. The summed E-state index contributed by atoms with van der Waals surface area (Å²) in [6.07, 6.45) is 2.07. The number of aryl methyl sites for hydroxylation is 2. The maximum atomic E-state index is 11.8. The second kappa shape index (κ2) is 9.91. The van der Waals surface area contributed by atoms with Crippen molar-refractivity contribution in [1.29, 1.82) is 0 Å². The first-order valence-corrected chi connectivity index (χ1v) is 10.5. The van der Waals surface area contributed by atoms with Gasteiger partial charge in [-0.1, -0.05) is 0 Å². The van der Waals surface area contributed by atoms with Crippen molar-refractivity contribution in [2.24, 2.45) is 12.0 Å². The number of aliphatic imine (C=N–C) groups is 1. The van der Waals surface area contributed by atoms with E-state index in [9.17, 15) is 8.42 Å². The summed E-state index contributed by atoms with van der Waals surface area (Å²) in [5, 5.41) is 11.0. The van der Waals surface area contributed by atoms with E-state index >= 15 is 0 Å². The summed E-state index contributed by atoms with van der Waals surface area (Å²) in [7, 11) is -1.22. The van der Waals surface area contributed by atoms with Gasteiger partial charge in [-0.15, -0.1) is 24.0 Å². The van der Waals surface area contributed by atoms with E-state index in [1.807, 2.05) is 25.6 Å². The third-order valence-corrected chi connectivity index (χ3v) is 6.65. The molecule has 1 aromatic heterocycles. The van der Waals surface area contributed by atoms with E-state index in [2.05, 4.69) is 34.6 Å². The van der Waals surface area contributed by atoms with E-state index in [1.165, 1.54) is 11.8 Å². The highest BCUT2D eigenvalue weighted by Gasteiger charge is 2.30. The fraction of sp³-hybridized carbons (Fsp3) is 0.765. The first-order chi connectivity index (χ1) is 11.4. The maximum absolute atomic E-state index is 11.8. The van der Waals surface area contributed by atoms with Gasteiger partial charge in [0.2, 0.25) is 0 Å². The summed E-state index contributed by atoms with van der Waals surface area (Å²) in [4.78, 5) is 4.48. The normalized spacial score (nSPS) is 13.9. The van der Waals surface area contributed by atoms with Crippen molar-refractivity contribution < 1.29 is 8.42 Å². The number of hydrogen-bond donors (Lipinski definition) is 2. The summed E-state index contributed by atoms with van der Waals surface area (Å²) in [5.74, 6) is 0.630. The van der Waals surface area contributed by atoms with Crippen molar-refractivity contribution in [2.75, 3.05) is 19.3 Å². The molecule has 0 aliphatic rings. The Labute approximate surface area is 175 Å². The molecule has 26 heavy (non-hydrogen) atoms. The molecule has 0 spiro atoms. The van der Waals surface area contributed by atoms with Crippen LogP contribution in [0.25, 0.3) is 0 Å². The SMILES string of the molecule is CCNC(=NCC(C)(C)S(C)(=O)=O)NC(C)Cc1c(C)nn(C)c1C.I. The molecule has 1 heterocycles. The van der Waals surface area contributed by atoms with Crippen LogP contribution in [0.4, 0.5) is 0 Å². The van der Waals surface area contributed by atoms with Crippen molar-refractivity contribution in [3.63, 3.8) is 0 Å². The first-order valence-electron chi connectivity index (χ1n) is 8.62. The van der Waals surface area contributed by atoms with Gasteiger partial charge in [0.15, 0.2) is 15.8 Å². The minimum Gasteiger partial charge on any atom is -0.357 e. The second-order valence-corrected chi connectivity index (χ2v) is 9.90. The average molecular weight is 499 g/mol. The van der Waals surface area contributed by atoms with Gasteiger partial charge in [-0.2, -0.15) is 5.10 Å². The van der Waals surface area contributed by atoms with Crippen molar-refractivity contribution in [2.45, 2.75) is 58.8 Å². The molecule has 1 rings (SSSR count). The molecule has 2 N–H and O–H groups in total. The molecule has 152 valence electrons. The number of aromatic nitrogens is 2. The van der Waals surface area contributed by atoms with Gasteiger partial charge in [-0.05, 0) is 53.5 Å². The summed E-state index contributed by atoms with van der Waals surface area (Å²) < 4.78 is 24.7. The molecule has 0 saturated heterocycles. The van der Waals surface area contributed by atoms with Gasteiger partial charge in [-0.25, -0.2) is 8.42 Å². The van der Waals surface area contributed by atoms with Crippen LogP contribution >= 0.6 is 24.0 Å². The third kappa shape index (κ3) is 6.71. The molecular formula is C17H34IN5O2S. The molecule has 0 aliphatic heterocycles. The predicted octanol–water partition coefficient (Wildman–Crippen LogP) is 1.96. The van der Waals surface area contributed by atoms with Crippen LogP contribution in [0.3, 0.4) is 0 Å². The Bertz CT molecular complexity index is 726. The summed E-state index contributed by atoms with van der Waals surface area (Å²) in [6.45, 7) is 12.5. The smallest absolute Gasteiger partial charge is 0.191 e. The van der Waals surface area contributed by atoms with Gasteiger partial charge in [0, 0.05) is 31.6 Å². The Morgan fingerprint density at radius 3 is 2.35 bits per heavy atom. The molecule has 9 heteroatoms. The van der Waals surface area contributed by atoms with Gasteiger partial charge in [-0.3, -0.25) is 9.67 Å². The molecule has 0 aromatic carbocycles. The number of hydrogen-bond acceptors (Lipinski definition) is 4. The van der Waals surface area contributed by atoms with E-state index in [-0.39, 0.29) is 36.6 Å². The van der Waals surface area contributed by atoms with Crippen LogP contribution in [0.15, 0.2) is 4.99 Å². The Morgan fingerprint density at radius 1 is 1.35 bits per heavy atom. The Kier molecular flexibility index (Phi) is 9.59. The van der Waals surface area contributed by atoms with Crippen LogP contribution in [0, 0.1) is 13.8 Å². The molecule has 7 nitrogen and oxygen atoms in total. The van der Waals surface area contributed by atoms with Crippen LogP contribution in [0.1, 0.15) is 44.6 Å². The standard InChI is InChI=1S/C17H33N5O2S.HI/c1-9-18-16(19-11-17(5,6)25(8,23)24)20-12(2)10-15-13(3)21-22(7)14(15)4;/h12H,9-11H2,1-8H3,(H2,18,19,20);1H. The lowest BCUT2D eigenvalue weighted by molar-refractivity contribution is 0.553. The molecule has 0 saturated carbocycles. The van der Waals surface area contributed by atoms with Crippen molar-refractivity contribution >= 4 is 39.8 Å². The number of sulfone groups is 1. The number of rotatable bonds is 7. The minimum absolute atomic E-state index is 0. The molecule has 0 fully saturated rings. The number of halogens is 1. The van der Waals surface area contributed by atoms with Gasteiger partial charge >= 0.3 is 0 Å². The fourth-order valence-electron chi connectivity index (χ4n) is 2.41. The summed E-state index contributed by atoms with van der Waals surface area (Å²) in [5.41, 5.74) is 3.43. The zero-order valence-corrected chi connectivity index (χ0v) is 20.3. The highest BCUT2D eigenvalue weighted by molar-refractivity contribution is 14.0. The van der Waals surface area contributed by atoms with E-state index in [0.717, 1.165) is 17.8 Å². The maximum Gasteiger partial charge on any atom is 0.191 e. The zero-order chi connectivity index (χ0) is 19.4. The van der Waals surface area contributed by atoms with Gasteiger partial charge in [0.1, 0.15) is 0 Å². The molecule has 0 amide bonds. The summed E-state index contributed by atoms with van der Waals surface area (Å²) >= 11 is 0. The third-order valence-electron chi connectivity index (χ3n) is 4.52. The number of nitrogens with zero attached hydrogens (tertiary/aromatic N) is 3. The van der Waals surface area contributed by atoms with Crippen molar-refractivity contribution in [1.82, 2.24) is 20.4 Å². The Hall–Kier alpha value is -0.840. The molecular weight excluding hydrogens is 465 g/mol. The first kappa shape index (κ1) is 25.2. The topological polar surface area (TPSA) is 88.4 Å². The quantitative estimate of drug-likeness (QED) is 0.340.